The van der Waals surface area contributed by atoms with Gasteiger partial charge in [0, 0.05) is 6.04 Å². The lowest BCUT2D eigenvalue weighted by Gasteiger charge is -2.19. The lowest BCUT2D eigenvalue weighted by atomic mass is 10.00. The standard InChI is InChI=1S/C24H23N3O4S/c28-23-20-16-19(14-15-22(20)25-24(29)26-23)32(30,31)27-21(18-11-5-2-6-12-18)13-7-10-17-8-3-1-4-9-17/h1-6,8-9,11-12,14-16,21,27H,7,10,13H2,(H2,25,26,28,29). The zero-order chi connectivity index (χ0) is 22.6. The molecule has 0 saturated carbocycles. The molecular weight excluding hydrogens is 426 g/mol. The number of fused-ring (bicyclic) bond motifs is 1. The largest absolute Gasteiger partial charge is 0.326 e. The van der Waals surface area contributed by atoms with E-state index < -0.39 is 27.3 Å². The van der Waals surface area contributed by atoms with Gasteiger partial charge < -0.3 is 4.98 Å². The summed E-state index contributed by atoms with van der Waals surface area (Å²) in [6.45, 7) is 0. The van der Waals surface area contributed by atoms with Crippen LogP contribution in [0.15, 0.2) is 93.3 Å². The molecule has 1 heterocycles. The van der Waals surface area contributed by atoms with Gasteiger partial charge in [-0.2, -0.15) is 0 Å². The minimum absolute atomic E-state index is 0.0356. The fraction of sp³-hybridized carbons (Fsp3) is 0.167. The van der Waals surface area contributed by atoms with Gasteiger partial charge in [0.25, 0.3) is 5.56 Å². The molecule has 0 aliphatic heterocycles. The van der Waals surface area contributed by atoms with Crippen LogP contribution in [0.5, 0.6) is 0 Å². The summed E-state index contributed by atoms with van der Waals surface area (Å²) in [5.41, 5.74) is 1.07. The number of rotatable bonds is 8. The van der Waals surface area contributed by atoms with E-state index in [1.807, 2.05) is 48.5 Å². The summed E-state index contributed by atoms with van der Waals surface area (Å²) in [4.78, 5) is 28.1. The van der Waals surface area contributed by atoms with Crippen molar-refractivity contribution >= 4 is 20.9 Å². The number of aromatic amines is 2. The van der Waals surface area contributed by atoms with Gasteiger partial charge in [-0.25, -0.2) is 17.9 Å². The predicted molar refractivity (Wildman–Crippen MR) is 124 cm³/mol. The number of H-pyrrole nitrogens is 2. The molecule has 0 saturated heterocycles. The summed E-state index contributed by atoms with van der Waals surface area (Å²) in [7, 11) is -3.92. The Hall–Kier alpha value is -3.49. The van der Waals surface area contributed by atoms with Crippen molar-refractivity contribution in [1.82, 2.24) is 14.7 Å². The topological polar surface area (TPSA) is 112 Å². The fourth-order valence-corrected chi connectivity index (χ4v) is 4.99. The van der Waals surface area contributed by atoms with E-state index in [2.05, 4.69) is 26.8 Å². The van der Waals surface area contributed by atoms with Crippen molar-refractivity contribution in [2.75, 3.05) is 0 Å². The second kappa shape index (κ2) is 9.33. The smallest absolute Gasteiger partial charge is 0.307 e. The van der Waals surface area contributed by atoms with Crippen molar-refractivity contribution in [3.63, 3.8) is 0 Å². The third-order valence-corrected chi connectivity index (χ3v) is 6.79. The third-order valence-electron chi connectivity index (χ3n) is 5.32. The average molecular weight is 450 g/mol. The Bertz CT molecular complexity index is 1430. The molecule has 0 amide bonds. The summed E-state index contributed by atoms with van der Waals surface area (Å²) in [6, 6.07) is 23.1. The highest BCUT2D eigenvalue weighted by atomic mass is 32.2. The first-order chi connectivity index (χ1) is 15.4. The van der Waals surface area contributed by atoms with Crippen molar-refractivity contribution in [1.29, 1.82) is 0 Å². The number of nitrogens with one attached hydrogen (secondary N) is 3. The summed E-state index contributed by atoms with van der Waals surface area (Å²) < 4.78 is 29.1. The Morgan fingerprint density at radius 2 is 1.53 bits per heavy atom. The second-order valence-corrected chi connectivity index (χ2v) is 9.29. The second-order valence-electron chi connectivity index (χ2n) is 7.58. The Balaban J connectivity index is 1.59. The Kier molecular flexibility index (Phi) is 6.34. The normalized spacial score (nSPS) is 12.6. The van der Waals surface area contributed by atoms with Gasteiger partial charge >= 0.3 is 5.69 Å². The summed E-state index contributed by atoms with van der Waals surface area (Å²) in [6.07, 6.45) is 2.24. The van der Waals surface area contributed by atoms with E-state index in [-0.39, 0.29) is 15.8 Å². The third kappa shape index (κ3) is 5.04. The van der Waals surface area contributed by atoms with E-state index in [1.54, 1.807) is 0 Å². The molecule has 7 nitrogen and oxygen atoms in total. The number of sulfonamides is 1. The first-order valence-corrected chi connectivity index (χ1v) is 11.8. The lowest BCUT2D eigenvalue weighted by Crippen LogP contribution is -2.29. The highest BCUT2D eigenvalue weighted by Gasteiger charge is 2.22. The van der Waals surface area contributed by atoms with Crippen molar-refractivity contribution in [3.8, 4) is 0 Å². The fourth-order valence-electron chi connectivity index (χ4n) is 3.70. The van der Waals surface area contributed by atoms with Crippen molar-refractivity contribution in [3.05, 3.63) is 111 Å². The molecule has 0 aliphatic rings. The minimum atomic E-state index is -3.92. The molecule has 1 atom stereocenters. The monoisotopic (exact) mass is 449 g/mol. The Labute approximate surface area is 185 Å². The van der Waals surface area contributed by atoms with Crippen LogP contribution in [-0.4, -0.2) is 18.4 Å². The molecule has 164 valence electrons. The minimum Gasteiger partial charge on any atom is -0.307 e. The molecule has 4 aromatic rings. The van der Waals surface area contributed by atoms with Gasteiger partial charge in [0.2, 0.25) is 10.0 Å². The molecule has 4 rings (SSSR count). The van der Waals surface area contributed by atoms with Crippen molar-refractivity contribution in [2.24, 2.45) is 0 Å². The van der Waals surface area contributed by atoms with Crippen LogP contribution < -0.4 is 16.0 Å². The van der Waals surface area contributed by atoms with Crippen LogP contribution in [0.4, 0.5) is 0 Å². The maximum Gasteiger partial charge on any atom is 0.326 e. The van der Waals surface area contributed by atoms with Crippen molar-refractivity contribution < 1.29 is 8.42 Å². The average Bonchev–Trinajstić information content (AvgIpc) is 2.79. The summed E-state index contributed by atoms with van der Waals surface area (Å²) in [5, 5.41) is 0.104. The molecule has 1 aromatic heterocycles. The summed E-state index contributed by atoms with van der Waals surface area (Å²) in [5.74, 6) is 0. The molecule has 32 heavy (non-hydrogen) atoms. The SMILES string of the molecule is O=c1[nH]c(=O)c2cc(S(=O)(=O)NC(CCCc3ccccc3)c3ccccc3)ccc2[nH]1. The first-order valence-electron chi connectivity index (χ1n) is 10.3. The molecule has 0 aliphatic carbocycles. The number of aryl methyl sites for hydroxylation is 1. The van der Waals surface area contributed by atoms with Crippen molar-refractivity contribution in [2.45, 2.75) is 30.2 Å². The van der Waals surface area contributed by atoms with Gasteiger partial charge in [0.05, 0.1) is 15.8 Å². The molecule has 3 aromatic carbocycles. The Morgan fingerprint density at radius 1 is 0.844 bits per heavy atom. The van der Waals surface area contributed by atoms with Gasteiger partial charge in [-0.3, -0.25) is 9.78 Å². The van der Waals surface area contributed by atoms with Crippen LogP contribution in [0.2, 0.25) is 0 Å². The zero-order valence-electron chi connectivity index (χ0n) is 17.2. The number of hydrogen-bond acceptors (Lipinski definition) is 4. The maximum absolute atomic E-state index is 13.2. The summed E-state index contributed by atoms with van der Waals surface area (Å²) >= 11 is 0. The van der Waals surface area contributed by atoms with Crippen LogP contribution in [0.25, 0.3) is 10.9 Å². The molecule has 3 N–H and O–H groups in total. The van der Waals surface area contributed by atoms with E-state index >= 15 is 0 Å². The maximum atomic E-state index is 13.2. The molecule has 1 unspecified atom stereocenters. The molecule has 0 bridgehead atoms. The highest BCUT2D eigenvalue weighted by Crippen LogP contribution is 2.23. The molecule has 0 fully saturated rings. The molecular formula is C24H23N3O4S. The van der Waals surface area contributed by atoms with Gasteiger partial charge in [0.1, 0.15) is 0 Å². The van der Waals surface area contributed by atoms with E-state index in [1.165, 1.54) is 23.8 Å². The van der Waals surface area contributed by atoms with Crippen LogP contribution in [-0.2, 0) is 16.4 Å². The van der Waals surface area contributed by atoms with Crippen LogP contribution in [0.1, 0.15) is 30.0 Å². The van der Waals surface area contributed by atoms with Gasteiger partial charge in [0.15, 0.2) is 0 Å². The number of aromatic nitrogens is 2. The highest BCUT2D eigenvalue weighted by molar-refractivity contribution is 7.89. The van der Waals surface area contributed by atoms with Crippen LogP contribution in [0, 0.1) is 0 Å². The number of hydrogen-bond donors (Lipinski definition) is 3. The van der Waals surface area contributed by atoms with E-state index in [0.717, 1.165) is 18.4 Å². The first kappa shape index (κ1) is 21.7. The zero-order valence-corrected chi connectivity index (χ0v) is 18.1. The van der Waals surface area contributed by atoms with Gasteiger partial charge in [-0.1, -0.05) is 60.7 Å². The van der Waals surface area contributed by atoms with E-state index in [9.17, 15) is 18.0 Å². The molecule has 8 heteroatoms. The van der Waals surface area contributed by atoms with Gasteiger partial charge in [-0.05, 0) is 48.6 Å². The van der Waals surface area contributed by atoms with E-state index in [4.69, 9.17) is 0 Å². The Morgan fingerprint density at radius 3 is 2.25 bits per heavy atom. The lowest BCUT2D eigenvalue weighted by molar-refractivity contribution is 0.528. The molecule has 0 radical (unpaired) electrons. The van der Waals surface area contributed by atoms with Gasteiger partial charge in [-0.15, -0.1) is 0 Å². The van der Waals surface area contributed by atoms with Crippen LogP contribution in [0.3, 0.4) is 0 Å². The predicted octanol–water partition coefficient (Wildman–Crippen LogP) is 3.26. The molecule has 0 spiro atoms. The number of benzene rings is 3. The quantitative estimate of drug-likeness (QED) is 0.383. The van der Waals surface area contributed by atoms with E-state index in [0.29, 0.717) is 6.42 Å². The van der Waals surface area contributed by atoms with Crippen LogP contribution >= 0.6 is 0 Å².